The molecule has 0 amide bonds. The maximum Gasteiger partial charge on any atom is 0.0555 e. The lowest BCUT2D eigenvalue weighted by Crippen LogP contribution is -2.17. The molecule has 2 rings (SSSR count). The van der Waals surface area contributed by atoms with Gasteiger partial charge in [0.1, 0.15) is 0 Å². The Kier molecular flexibility index (Phi) is 1.98. The Morgan fingerprint density at radius 1 is 1.25 bits per heavy atom. The SMILES string of the molecule is Cc1cncc(N2CCCC2)c1. The molecule has 1 aromatic heterocycles. The van der Waals surface area contributed by atoms with Crippen molar-refractivity contribution >= 4 is 5.69 Å². The van der Waals surface area contributed by atoms with Crippen molar-refractivity contribution in [2.45, 2.75) is 19.8 Å². The fourth-order valence-corrected chi connectivity index (χ4v) is 1.69. The molecule has 1 aromatic rings. The molecule has 2 heterocycles. The quantitative estimate of drug-likeness (QED) is 0.627. The molecule has 12 heavy (non-hydrogen) atoms. The number of aryl methyl sites for hydroxylation is 1. The molecule has 1 fully saturated rings. The minimum Gasteiger partial charge on any atom is -0.370 e. The summed E-state index contributed by atoms with van der Waals surface area (Å²) in [4.78, 5) is 6.59. The van der Waals surface area contributed by atoms with Gasteiger partial charge in [-0.2, -0.15) is 0 Å². The number of pyridine rings is 1. The van der Waals surface area contributed by atoms with Crippen LogP contribution in [0.1, 0.15) is 18.4 Å². The highest BCUT2D eigenvalue weighted by atomic mass is 15.1. The van der Waals surface area contributed by atoms with Crippen LogP contribution < -0.4 is 4.90 Å². The number of hydrogen-bond donors (Lipinski definition) is 0. The average molecular weight is 162 g/mol. The number of rotatable bonds is 1. The summed E-state index contributed by atoms with van der Waals surface area (Å²) in [6.07, 6.45) is 6.51. The Bertz CT molecular complexity index is 264. The lowest BCUT2D eigenvalue weighted by Gasteiger charge is -2.16. The van der Waals surface area contributed by atoms with Crippen LogP contribution in [0.5, 0.6) is 0 Å². The Morgan fingerprint density at radius 2 is 2.00 bits per heavy atom. The first-order chi connectivity index (χ1) is 5.86. The normalized spacial score (nSPS) is 16.9. The van der Waals surface area contributed by atoms with E-state index in [2.05, 4.69) is 22.9 Å². The fraction of sp³-hybridized carbons (Fsp3) is 0.500. The van der Waals surface area contributed by atoms with Gasteiger partial charge in [0, 0.05) is 19.3 Å². The third kappa shape index (κ3) is 1.42. The average Bonchev–Trinajstić information content (AvgIpc) is 2.56. The van der Waals surface area contributed by atoms with Crippen LogP contribution in [0.4, 0.5) is 5.69 Å². The first-order valence-electron chi connectivity index (χ1n) is 4.53. The molecule has 1 aliphatic rings. The molecule has 0 atom stereocenters. The van der Waals surface area contributed by atoms with E-state index >= 15 is 0 Å². The topological polar surface area (TPSA) is 16.1 Å². The first kappa shape index (κ1) is 7.59. The third-order valence-electron chi connectivity index (χ3n) is 2.33. The molecule has 0 spiro atoms. The molecular weight excluding hydrogens is 148 g/mol. The summed E-state index contributed by atoms with van der Waals surface area (Å²) in [5.74, 6) is 0. The number of anilines is 1. The summed E-state index contributed by atoms with van der Waals surface area (Å²) < 4.78 is 0. The molecule has 0 aliphatic carbocycles. The van der Waals surface area contributed by atoms with Gasteiger partial charge < -0.3 is 4.90 Å². The predicted octanol–water partition coefficient (Wildman–Crippen LogP) is 1.99. The number of nitrogens with zero attached hydrogens (tertiary/aromatic N) is 2. The first-order valence-corrected chi connectivity index (χ1v) is 4.53. The largest absolute Gasteiger partial charge is 0.370 e. The second-order valence-corrected chi connectivity index (χ2v) is 3.41. The van der Waals surface area contributed by atoms with E-state index < -0.39 is 0 Å². The highest BCUT2D eigenvalue weighted by molar-refractivity contribution is 5.46. The highest BCUT2D eigenvalue weighted by Crippen LogP contribution is 2.19. The van der Waals surface area contributed by atoms with Crippen molar-refractivity contribution in [3.05, 3.63) is 24.0 Å². The second-order valence-electron chi connectivity index (χ2n) is 3.41. The molecule has 0 radical (unpaired) electrons. The van der Waals surface area contributed by atoms with Crippen LogP contribution in [-0.4, -0.2) is 18.1 Å². The Balaban J connectivity index is 2.21. The van der Waals surface area contributed by atoms with Crippen molar-refractivity contribution in [1.29, 1.82) is 0 Å². The molecule has 0 bridgehead atoms. The van der Waals surface area contributed by atoms with E-state index in [4.69, 9.17) is 0 Å². The van der Waals surface area contributed by atoms with Gasteiger partial charge in [0.15, 0.2) is 0 Å². The van der Waals surface area contributed by atoms with E-state index in [-0.39, 0.29) is 0 Å². The fourth-order valence-electron chi connectivity index (χ4n) is 1.69. The van der Waals surface area contributed by atoms with Gasteiger partial charge in [-0.15, -0.1) is 0 Å². The van der Waals surface area contributed by atoms with E-state index in [0.717, 1.165) is 0 Å². The van der Waals surface area contributed by atoms with Crippen LogP contribution in [-0.2, 0) is 0 Å². The molecule has 2 nitrogen and oxygen atoms in total. The molecule has 2 heteroatoms. The minimum atomic E-state index is 1.20. The molecule has 0 saturated carbocycles. The maximum absolute atomic E-state index is 4.19. The summed E-state index contributed by atoms with van der Waals surface area (Å²) in [6.45, 7) is 4.49. The van der Waals surface area contributed by atoms with E-state index in [1.165, 1.54) is 37.2 Å². The van der Waals surface area contributed by atoms with Crippen LogP contribution >= 0.6 is 0 Å². The van der Waals surface area contributed by atoms with Crippen LogP contribution in [0.3, 0.4) is 0 Å². The van der Waals surface area contributed by atoms with Crippen molar-refractivity contribution in [1.82, 2.24) is 4.98 Å². The van der Waals surface area contributed by atoms with Gasteiger partial charge in [-0.1, -0.05) is 0 Å². The van der Waals surface area contributed by atoms with Crippen molar-refractivity contribution in [2.24, 2.45) is 0 Å². The number of hydrogen-bond acceptors (Lipinski definition) is 2. The van der Waals surface area contributed by atoms with Crippen LogP contribution in [0.2, 0.25) is 0 Å². The van der Waals surface area contributed by atoms with Crippen LogP contribution in [0.25, 0.3) is 0 Å². The summed E-state index contributed by atoms with van der Waals surface area (Å²) in [6, 6.07) is 2.21. The van der Waals surface area contributed by atoms with Gasteiger partial charge >= 0.3 is 0 Å². The molecule has 64 valence electrons. The lowest BCUT2D eigenvalue weighted by molar-refractivity contribution is 0.949. The second kappa shape index (κ2) is 3.13. The summed E-state index contributed by atoms with van der Waals surface area (Å²) >= 11 is 0. The molecule has 0 unspecified atom stereocenters. The van der Waals surface area contributed by atoms with E-state index in [1.807, 2.05) is 12.4 Å². The molecule has 0 N–H and O–H groups in total. The van der Waals surface area contributed by atoms with Gasteiger partial charge in [-0.05, 0) is 31.4 Å². The third-order valence-corrected chi connectivity index (χ3v) is 2.33. The van der Waals surface area contributed by atoms with Gasteiger partial charge in [-0.25, -0.2) is 0 Å². The van der Waals surface area contributed by atoms with E-state index in [1.54, 1.807) is 0 Å². The highest BCUT2D eigenvalue weighted by Gasteiger charge is 2.11. The standard InChI is InChI=1S/C10H14N2/c1-9-6-10(8-11-7-9)12-4-2-3-5-12/h6-8H,2-5H2,1H3. The van der Waals surface area contributed by atoms with Crippen molar-refractivity contribution in [2.75, 3.05) is 18.0 Å². The van der Waals surface area contributed by atoms with Crippen LogP contribution in [0, 0.1) is 6.92 Å². The Hall–Kier alpha value is -1.05. The zero-order chi connectivity index (χ0) is 8.39. The smallest absolute Gasteiger partial charge is 0.0555 e. The van der Waals surface area contributed by atoms with Gasteiger partial charge in [0.25, 0.3) is 0 Å². The van der Waals surface area contributed by atoms with Crippen molar-refractivity contribution in [3.8, 4) is 0 Å². The summed E-state index contributed by atoms with van der Waals surface area (Å²) in [7, 11) is 0. The van der Waals surface area contributed by atoms with Gasteiger partial charge in [-0.3, -0.25) is 4.98 Å². The van der Waals surface area contributed by atoms with Crippen LogP contribution in [0.15, 0.2) is 18.5 Å². The molecule has 1 saturated heterocycles. The predicted molar refractivity (Wildman–Crippen MR) is 50.4 cm³/mol. The molecule has 1 aliphatic heterocycles. The minimum absolute atomic E-state index is 1.20. The van der Waals surface area contributed by atoms with E-state index in [9.17, 15) is 0 Å². The maximum atomic E-state index is 4.19. The van der Waals surface area contributed by atoms with Crippen molar-refractivity contribution < 1.29 is 0 Å². The summed E-state index contributed by atoms with van der Waals surface area (Å²) in [5, 5.41) is 0. The molecular formula is C10H14N2. The van der Waals surface area contributed by atoms with E-state index in [0.29, 0.717) is 0 Å². The van der Waals surface area contributed by atoms with Crippen molar-refractivity contribution in [3.63, 3.8) is 0 Å². The zero-order valence-corrected chi connectivity index (χ0v) is 7.45. The van der Waals surface area contributed by atoms with Gasteiger partial charge in [0.05, 0.1) is 11.9 Å². The summed E-state index contributed by atoms with van der Waals surface area (Å²) in [5.41, 5.74) is 2.53. The lowest BCUT2D eigenvalue weighted by atomic mass is 10.3. The number of aromatic nitrogens is 1. The molecule has 0 aromatic carbocycles. The Labute approximate surface area is 73.2 Å². The Morgan fingerprint density at radius 3 is 2.67 bits per heavy atom. The monoisotopic (exact) mass is 162 g/mol. The zero-order valence-electron chi connectivity index (χ0n) is 7.45. The van der Waals surface area contributed by atoms with Gasteiger partial charge in [0.2, 0.25) is 0 Å².